The minimum absolute atomic E-state index is 0.137. The molecule has 0 spiro atoms. The summed E-state index contributed by atoms with van der Waals surface area (Å²) in [6, 6.07) is 15.8. The Morgan fingerprint density at radius 3 is 2.62 bits per heavy atom. The summed E-state index contributed by atoms with van der Waals surface area (Å²) >= 11 is 0. The van der Waals surface area contributed by atoms with Crippen LogP contribution in [0, 0.1) is 13.8 Å². The van der Waals surface area contributed by atoms with Crippen molar-refractivity contribution in [3.8, 4) is 0 Å². The summed E-state index contributed by atoms with van der Waals surface area (Å²) in [6.07, 6.45) is 1.26. The van der Waals surface area contributed by atoms with E-state index in [0.717, 1.165) is 19.6 Å². The van der Waals surface area contributed by atoms with Crippen LogP contribution in [0.2, 0.25) is 0 Å². The molecule has 0 bridgehead atoms. The number of aryl methyl sites for hydroxylation is 2. The van der Waals surface area contributed by atoms with Crippen LogP contribution in [0.3, 0.4) is 0 Å². The standard InChI is InChI=1S/C19H21NO/c1-13-10-16-8-9-20-18(15-6-4-3-5-7-15)12-21-19(20)17(16)11-14(13)2/h3-7,10-11,18-19H,8-9,12H2,1-2H3/t18-,19-/m0/s1. The topological polar surface area (TPSA) is 12.5 Å². The number of fused-ring (bicyclic) bond motifs is 3. The zero-order valence-electron chi connectivity index (χ0n) is 12.7. The molecule has 2 aromatic rings. The average Bonchev–Trinajstić information content (AvgIpc) is 2.94. The van der Waals surface area contributed by atoms with Gasteiger partial charge in [0.15, 0.2) is 0 Å². The molecule has 0 radical (unpaired) electrons. The van der Waals surface area contributed by atoms with E-state index in [1.54, 1.807) is 0 Å². The highest BCUT2D eigenvalue weighted by molar-refractivity contribution is 5.40. The molecule has 1 saturated heterocycles. The van der Waals surface area contributed by atoms with Crippen LogP contribution in [-0.4, -0.2) is 18.1 Å². The Bertz CT molecular complexity index is 665. The minimum atomic E-state index is 0.137. The van der Waals surface area contributed by atoms with Crippen LogP contribution in [0.25, 0.3) is 0 Å². The van der Waals surface area contributed by atoms with E-state index >= 15 is 0 Å². The Balaban J connectivity index is 1.70. The van der Waals surface area contributed by atoms with Crippen LogP contribution < -0.4 is 0 Å². The SMILES string of the molecule is Cc1cc2c(cc1C)[C@@H]1OC[C@@H](c3ccccc3)N1CC2. The third-order valence-electron chi connectivity index (χ3n) is 4.96. The normalized spacial score (nSPS) is 24.7. The largest absolute Gasteiger partial charge is 0.357 e. The molecule has 2 nitrogen and oxygen atoms in total. The second-order valence-electron chi connectivity index (χ2n) is 6.24. The lowest BCUT2D eigenvalue weighted by atomic mass is 9.92. The maximum absolute atomic E-state index is 6.17. The molecule has 0 N–H and O–H groups in total. The summed E-state index contributed by atoms with van der Waals surface area (Å²) in [5, 5.41) is 0. The number of rotatable bonds is 1. The fraction of sp³-hybridized carbons (Fsp3) is 0.368. The molecule has 0 aromatic heterocycles. The first-order valence-corrected chi connectivity index (χ1v) is 7.76. The zero-order chi connectivity index (χ0) is 14.4. The quantitative estimate of drug-likeness (QED) is 0.784. The van der Waals surface area contributed by atoms with E-state index < -0.39 is 0 Å². The highest BCUT2D eigenvalue weighted by Gasteiger charge is 2.39. The van der Waals surface area contributed by atoms with Gasteiger partial charge in [0.2, 0.25) is 0 Å². The van der Waals surface area contributed by atoms with Crippen LogP contribution in [0.1, 0.15) is 40.1 Å². The van der Waals surface area contributed by atoms with Gasteiger partial charge in [0, 0.05) is 6.54 Å². The van der Waals surface area contributed by atoms with Crippen LogP contribution in [-0.2, 0) is 11.2 Å². The number of hydrogen-bond acceptors (Lipinski definition) is 2. The summed E-state index contributed by atoms with van der Waals surface area (Å²) in [4.78, 5) is 2.52. The highest BCUT2D eigenvalue weighted by atomic mass is 16.5. The Hall–Kier alpha value is -1.64. The van der Waals surface area contributed by atoms with Gasteiger partial charge in [-0.3, -0.25) is 4.90 Å². The van der Waals surface area contributed by atoms with Crippen molar-refractivity contribution < 1.29 is 4.74 Å². The lowest BCUT2D eigenvalue weighted by Gasteiger charge is -2.34. The highest BCUT2D eigenvalue weighted by Crippen LogP contribution is 2.43. The third kappa shape index (κ3) is 2.10. The molecule has 2 aromatic carbocycles. The van der Waals surface area contributed by atoms with Gasteiger partial charge in [-0.15, -0.1) is 0 Å². The second kappa shape index (κ2) is 4.97. The number of benzene rings is 2. The van der Waals surface area contributed by atoms with Crippen molar-refractivity contribution in [1.29, 1.82) is 0 Å². The van der Waals surface area contributed by atoms with Gasteiger partial charge < -0.3 is 4.74 Å². The Morgan fingerprint density at radius 2 is 1.81 bits per heavy atom. The van der Waals surface area contributed by atoms with Gasteiger partial charge in [0.25, 0.3) is 0 Å². The lowest BCUT2D eigenvalue weighted by molar-refractivity contribution is 0.0217. The van der Waals surface area contributed by atoms with Gasteiger partial charge in [-0.2, -0.15) is 0 Å². The average molecular weight is 279 g/mol. The smallest absolute Gasteiger partial charge is 0.137 e. The van der Waals surface area contributed by atoms with E-state index in [1.807, 2.05) is 0 Å². The van der Waals surface area contributed by atoms with E-state index in [-0.39, 0.29) is 6.23 Å². The predicted octanol–water partition coefficient (Wildman–Crippen LogP) is 3.93. The van der Waals surface area contributed by atoms with Gasteiger partial charge in [-0.25, -0.2) is 0 Å². The van der Waals surface area contributed by atoms with Crippen molar-refractivity contribution in [2.24, 2.45) is 0 Å². The van der Waals surface area contributed by atoms with E-state index in [9.17, 15) is 0 Å². The van der Waals surface area contributed by atoms with Crippen molar-refractivity contribution in [2.75, 3.05) is 13.2 Å². The fourth-order valence-corrected chi connectivity index (χ4v) is 3.64. The van der Waals surface area contributed by atoms with Gasteiger partial charge >= 0.3 is 0 Å². The van der Waals surface area contributed by atoms with Crippen molar-refractivity contribution in [2.45, 2.75) is 32.5 Å². The molecule has 0 aliphatic carbocycles. The predicted molar refractivity (Wildman–Crippen MR) is 84.2 cm³/mol. The molecule has 2 atom stereocenters. The van der Waals surface area contributed by atoms with Crippen molar-refractivity contribution >= 4 is 0 Å². The Kier molecular flexibility index (Phi) is 3.09. The Labute approximate surface area is 126 Å². The van der Waals surface area contributed by atoms with Crippen LogP contribution in [0.5, 0.6) is 0 Å². The molecule has 2 aliphatic rings. The first-order valence-electron chi connectivity index (χ1n) is 7.76. The van der Waals surface area contributed by atoms with Crippen LogP contribution in [0.4, 0.5) is 0 Å². The Morgan fingerprint density at radius 1 is 1.05 bits per heavy atom. The summed E-state index contributed by atoms with van der Waals surface area (Å²) in [7, 11) is 0. The zero-order valence-corrected chi connectivity index (χ0v) is 12.7. The molecule has 108 valence electrons. The molecule has 2 heterocycles. The second-order valence-corrected chi connectivity index (χ2v) is 6.24. The maximum atomic E-state index is 6.17. The molecule has 4 rings (SSSR count). The molecule has 0 saturated carbocycles. The fourth-order valence-electron chi connectivity index (χ4n) is 3.64. The van der Waals surface area contributed by atoms with Crippen molar-refractivity contribution in [1.82, 2.24) is 4.90 Å². The number of ether oxygens (including phenoxy) is 1. The van der Waals surface area contributed by atoms with Crippen molar-refractivity contribution in [3.63, 3.8) is 0 Å². The monoisotopic (exact) mass is 279 g/mol. The molecule has 2 heteroatoms. The van der Waals surface area contributed by atoms with Gasteiger partial charge in [-0.05, 0) is 48.1 Å². The van der Waals surface area contributed by atoms with Gasteiger partial charge in [-0.1, -0.05) is 42.5 Å². The third-order valence-corrected chi connectivity index (χ3v) is 4.96. The van der Waals surface area contributed by atoms with Crippen molar-refractivity contribution in [3.05, 3.63) is 70.3 Å². The van der Waals surface area contributed by atoms with Gasteiger partial charge in [0.1, 0.15) is 6.23 Å². The molecular formula is C19H21NO. The molecule has 21 heavy (non-hydrogen) atoms. The van der Waals surface area contributed by atoms with Crippen LogP contribution >= 0.6 is 0 Å². The van der Waals surface area contributed by atoms with E-state index in [2.05, 4.69) is 61.2 Å². The molecule has 0 amide bonds. The molecule has 1 fully saturated rings. The summed E-state index contributed by atoms with van der Waals surface area (Å²) < 4.78 is 6.17. The molecule has 0 unspecified atom stereocenters. The van der Waals surface area contributed by atoms with Crippen LogP contribution in [0.15, 0.2) is 42.5 Å². The number of hydrogen-bond donors (Lipinski definition) is 0. The maximum Gasteiger partial charge on any atom is 0.137 e. The van der Waals surface area contributed by atoms with E-state index in [4.69, 9.17) is 4.74 Å². The van der Waals surface area contributed by atoms with E-state index in [1.165, 1.54) is 27.8 Å². The molecular weight excluding hydrogens is 258 g/mol. The van der Waals surface area contributed by atoms with Gasteiger partial charge in [0.05, 0.1) is 12.6 Å². The van der Waals surface area contributed by atoms with E-state index in [0.29, 0.717) is 6.04 Å². The summed E-state index contributed by atoms with van der Waals surface area (Å²) in [6.45, 7) is 6.27. The summed E-state index contributed by atoms with van der Waals surface area (Å²) in [5.74, 6) is 0. The summed E-state index contributed by atoms with van der Waals surface area (Å²) in [5.41, 5.74) is 6.96. The first kappa shape index (κ1) is 13.1. The minimum Gasteiger partial charge on any atom is -0.357 e. The molecule has 2 aliphatic heterocycles. The first-order chi connectivity index (χ1) is 10.2. The number of nitrogens with zero attached hydrogens (tertiary/aromatic N) is 1. The lowest BCUT2D eigenvalue weighted by Crippen LogP contribution is -2.33.